The van der Waals surface area contributed by atoms with Gasteiger partial charge in [0.15, 0.2) is 0 Å². The number of carbonyl (C=O) groups is 1. The SMILES string of the molecule is CC[C@H](CO)NC(=O)c1c[nH]c2ccccc12. The first-order chi connectivity index (χ1) is 8.26. The number of para-hydroxylation sites is 1. The van der Waals surface area contributed by atoms with Gasteiger partial charge in [0.25, 0.3) is 5.91 Å². The van der Waals surface area contributed by atoms with Crippen molar-refractivity contribution in [1.29, 1.82) is 0 Å². The van der Waals surface area contributed by atoms with Crippen molar-refractivity contribution in [1.82, 2.24) is 10.3 Å². The van der Waals surface area contributed by atoms with E-state index >= 15 is 0 Å². The Morgan fingerprint density at radius 1 is 1.47 bits per heavy atom. The summed E-state index contributed by atoms with van der Waals surface area (Å²) < 4.78 is 0. The van der Waals surface area contributed by atoms with Crippen LogP contribution in [0.4, 0.5) is 0 Å². The van der Waals surface area contributed by atoms with Crippen LogP contribution in [0.3, 0.4) is 0 Å². The van der Waals surface area contributed by atoms with Gasteiger partial charge in [-0.2, -0.15) is 0 Å². The van der Waals surface area contributed by atoms with E-state index in [1.165, 1.54) is 0 Å². The van der Waals surface area contributed by atoms with Crippen molar-refractivity contribution >= 4 is 16.8 Å². The van der Waals surface area contributed by atoms with Crippen LogP contribution in [-0.2, 0) is 0 Å². The van der Waals surface area contributed by atoms with E-state index in [0.717, 1.165) is 10.9 Å². The van der Waals surface area contributed by atoms with Crippen LogP contribution >= 0.6 is 0 Å². The molecule has 3 N–H and O–H groups in total. The number of carbonyl (C=O) groups excluding carboxylic acids is 1. The first-order valence-corrected chi connectivity index (χ1v) is 5.74. The van der Waals surface area contributed by atoms with Gasteiger partial charge < -0.3 is 15.4 Å². The average Bonchev–Trinajstić information content (AvgIpc) is 2.79. The van der Waals surface area contributed by atoms with Crippen molar-refractivity contribution in [2.75, 3.05) is 6.61 Å². The second kappa shape index (κ2) is 5.01. The number of aliphatic hydroxyl groups excluding tert-OH is 1. The maximum Gasteiger partial charge on any atom is 0.253 e. The first kappa shape index (κ1) is 11.7. The maximum atomic E-state index is 12.0. The maximum absolute atomic E-state index is 12.0. The van der Waals surface area contributed by atoms with Crippen LogP contribution in [0.25, 0.3) is 10.9 Å². The van der Waals surface area contributed by atoms with E-state index in [4.69, 9.17) is 5.11 Å². The standard InChI is InChI=1S/C13H16N2O2/c1-2-9(8-16)15-13(17)11-7-14-12-6-4-3-5-10(11)12/h3-7,9,14,16H,2,8H2,1H3,(H,15,17)/t9-/m1/s1. The summed E-state index contributed by atoms with van der Waals surface area (Å²) in [6, 6.07) is 7.46. The zero-order valence-corrected chi connectivity index (χ0v) is 9.73. The number of H-pyrrole nitrogens is 1. The molecule has 2 aromatic rings. The Labute approximate surface area is 99.7 Å². The van der Waals surface area contributed by atoms with Gasteiger partial charge in [-0.15, -0.1) is 0 Å². The number of hydrogen-bond donors (Lipinski definition) is 3. The number of aromatic nitrogens is 1. The number of nitrogens with one attached hydrogen (secondary N) is 2. The highest BCUT2D eigenvalue weighted by Crippen LogP contribution is 2.17. The molecule has 0 saturated heterocycles. The van der Waals surface area contributed by atoms with Crippen molar-refractivity contribution in [3.63, 3.8) is 0 Å². The van der Waals surface area contributed by atoms with Gasteiger partial charge in [-0.25, -0.2) is 0 Å². The summed E-state index contributed by atoms with van der Waals surface area (Å²) in [6.45, 7) is 1.89. The lowest BCUT2D eigenvalue weighted by atomic mass is 10.1. The van der Waals surface area contributed by atoms with Gasteiger partial charge in [0.05, 0.1) is 18.2 Å². The lowest BCUT2D eigenvalue weighted by Gasteiger charge is -2.13. The molecule has 0 spiro atoms. The van der Waals surface area contributed by atoms with Crippen molar-refractivity contribution < 1.29 is 9.90 Å². The molecule has 0 aliphatic carbocycles. The third-order valence-corrected chi connectivity index (χ3v) is 2.88. The lowest BCUT2D eigenvalue weighted by Crippen LogP contribution is -2.36. The Kier molecular flexibility index (Phi) is 3.44. The van der Waals surface area contributed by atoms with E-state index in [2.05, 4.69) is 10.3 Å². The van der Waals surface area contributed by atoms with Crippen LogP contribution in [0.1, 0.15) is 23.7 Å². The fourth-order valence-corrected chi connectivity index (χ4v) is 1.80. The van der Waals surface area contributed by atoms with Crippen molar-refractivity contribution in [3.8, 4) is 0 Å². The summed E-state index contributed by atoms with van der Waals surface area (Å²) in [7, 11) is 0. The zero-order valence-electron chi connectivity index (χ0n) is 9.73. The number of rotatable bonds is 4. The van der Waals surface area contributed by atoms with Gasteiger partial charge in [-0.1, -0.05) is 25.1 Å². The molecule has 0 aliphatic heterocycles. The summed E-state index contributed by atoms with van der Waals surface area (Å²) in [5.74, 6) is -0.150. The summed E-state index contributed by atoms with van der Waals surface area (Å²) in [5.41, 5.74) is 1.56. The molecule has 4 heteroatoms. The first-order valence-electron chi connectivity index (χ1n) is 5.74. The summed E-state index contributed by atoms with van der Waals surface area (Å²) in [6.07, 6.45) is 2.41. The fourth-order valence-electron chi connectivity index (χ4n) is 1.80. The quantitative estimate of drug-likeness (QED) is 0.750. The Morgan fingerprint density at radius 2 is 2.24 bits per heavy atom. The van der Waals surface area contributed by atoms with Crippen LogP contribution in [-0.4, -0.2) is 28.6 Å². The minimum Gasteiger partial charge on any atom is -0.394 e. The Balaban J connectivity index is 2.25. The molecule has 1 heterocycles. The van der Waals surface area contributed by atoms with E-state index in [1.807, 2.05) is 31.2 Å². The van der Waals surface area contributed by atoms with Crippen LogP contribution in [0, 0.1) is 0 Å². The largest absolute Gasteiger partial charge is 0.394 e. The number of amides is 1. The Morgan fingerprint density at radius 3 is 2.94 bits per heavy atom. The van der Waals surface area contributed by atoms with Crippen molar-refractivity contribution in [2.24, 2.45) is 0 Å². The van der Waals surface area contributed by atoms with Gasteiger partial charge in [-0.3, -0.25) is 4.79 Å². The minimum absolute atomic E-state index is 0.0371. The van der Waals surface area contributed by atoms with Crippen molar-refractivity contribution in [3.05, 3.63) is 36.0 Å². The highest BCUT2D eigenvalue weighted by Gasteiger charge is 2.14. The topological polar surface area (TPSA) is 65.1 Å². The van der Waals surface area contributed by atoms with Crippen LogP contribution in [0.2, 0.25) is 0 Å². The van der Waals surface area contributed by atoms with Crippen molar-refractivity contribution in [2.45, 2.75) is 19.4 Å². The molecule has 0 bridgehead atoms. The molecule has 1 aromatic heterocycles. The van der Waals surface area contributed by atoms with Crippen LogP contribution in [0.15, 0.2) is 30.5 Å². The van der Waals surface area contributed by atoms with Gasteiger partial charge >= 0.3 is 0 Å². The lowest BCUT2D eigenvalue weighted by molar-refractivity contribution is 0.0916. The van der Waals surface area contributed by atoms with Gasteiger partial charge in [0, 0.05) is 17.1 Å². The minimum atomic E-state index is -0.184. The van der Waals surface area contributed by atoms with Gasteiger partial charge in [0.1, 0.15) is 0 Å². The molecular weight excluding hydrogens is 216 g/mol. The summed E-state index contributed by atoms with van der Waals surface area (Å²) in [4.78, 5) is 15.1. The third-order valence-electron chi connectivity index (χ3n) is 2.88. The Hall–Kier alpha value is -1.81. The second-order valence-corrected chi connectivity index (χ2v) is 4.01. The van der Waals surface area contributed by atoms with E-state index < -0.39 is 0 Å². The average molecular weight is 232 g/mol. The number of benzene rings is 1. The predicted molar refractivity (Wildman–Crippen MR) is 66.9 cm³/mol. The van der Waals surface area contributed by atoms with E-state index in [0.29, 0.717) is 12.0 Å². The normalized spacial score (nSPS) is 12.6. The molecule has 0 aliphatic rings. The highest BCUT2D eigenvalue weighted by atomic mass is 16.3. The number of hydrogen-bond acceptors (Lipinski definition) is 2. The zero-order chi connectivity index (χ0) is 12.3. The summed E-state index contributed by atoms with van der Waals surface area (Å²) >= 11 is 0. The molecule has 0 unspecified atom stereocenters. The van der Waals surface area contributed by atoms with Crippen LogP contribution < -0.4 is 5.32 Å². The molecule has 2 rings (SSSR count). The molecule has 0 radical (unpaired) electrons. The van der Waals surface area contributed by atoms with Gasteiger partial charge in [-0.05, 0) is 12.5 Å². The monoisotopic (exact) mass is 232 g/mol. The molecular formula is C13H16N2O2. The molecule has 0 fully saturated rings. The molecule has 4 nitrogen and oxygen atoms in total. The van der Waals surface area contributed by atoms with Crippen LogP contribution in [0.5, 0.6) is 0 Å². The highest BCUT2D eigenvalue weighted by molar-refractivity contribution is 6.06. The number of aromatic amines is 1. The Bertz CT molecular complexity index is 515. The molecule has 90 valence electrons. The second-order valence-electron chi connectivity index (χ2n) is 4.01. The van der Waals surface area contributed by atoms with E-state index in [9.17, 15) is 4.79 Å². The third kappa shape index (κ3) is 2.31. The smallest absolute Gasteiger partial charge is 0.253 e. The van der Waals surface area contributed by atoms with E-state index in [-0.39, 0.29) is 18.6 Å². The summed E-state index contributed by atoms with van der Waals surface area (Å²) in [5, 5.41) is 12.8. The molecule has 0 saturated carbocycles. The molecule has 1 aromatic carbocycles. The molecule has 17 heavy (non-hydrogen) atoms. The molecule has 1 amide bonds. The molecule has 1 atom stereocenters. The van der Waals surface area contributed by atoms with Gasteiger partial charge in [0.2, 0.25) is 0 Å². The van der Waals surface area contributed by atoms with E-state index in [1.54, 1.807) is 6.20 Å². The number of aliphatic hydroxyl groups is 1. The fraction of sp³-hybridized carbons (Fsp3) is 0.308. The predicted octanol–water partition coefficient (Wildman–Crippen LogP) is 1.67. The number of fused-ring (bicyclic) bond motifs is 1.